The minimum atomic E-state index is -0.404. The van der Waals surface area contributed by atoms with Gasteiger partial charge in [-0.1, -0.05) is 13.0 Å². The molecule has 2 amide bonds. The molecule has 2 rings (SSSR count). The summed E-state index contributed by atoms with van der Waals surface area (Å²) in [6.07, 6.45) is 2.81. The van der Waals surface area contributed by atoms with Crippen LogP contribution >= 0.6 is 12.2 Å². The third-order valence-electron chi connectivity index (χ3n) is 4.04. The monoisotopic (exact) mass is 391 g/mol. The molecule has 0 radical (unpaired) electrons. The van der Waals surface area contributed by atoms with Gasteiger partial charge in [-0.2, -0.15) is 0 Å². The molecule has 0 unspecified atom stereocenters. The van der Waals surface area contributed by atoms with E-state index in [1.54, 1.807) is 24.3 Å². The van der Waals surface area contributed by atoms with Crippen LogP contribution in [0.5, 0.6) is 0 Å². The second kappa shape index (κ2) is 10.6. The van der Waals surface area contributed by atoms with E-state index >= 15 is 0 Å². The number of hydrogen-bond acceptors (Lipinski definition) is 5. The van der Waals surface area contributed by atoms with Crippen LogP contribution in [0.2, 0.25) is 0 Å². The van der Waals surface area contributed by atoms with Gasteiger partial charge in [0.05, 0.1) is 13.0 Å². The minimum absolute atomic E-state index is 0.00213. The average molecular weight is 391 g/mol. The van der Waals surface area contributed by atoms with Crippen molar-refractivity contribution in [3.63, 3.8) is 0 Å². The Morgan fingerprint density at radius 3 is 2.63 bits per heavy atom. The van der Waals surface area contributed by atoms with Crippen LogP contribution in [-0.2, 0) is 14.3 Å². The van der Waals surface area contributed by atoms with E-state index in [2.05, 4.69) is 10.6 Å². The maximum Gasteiger partial charge on any atom is 0.306 e. The predicted molar refractivity (Wildman–Crippen MR) is 106 cm³/mol. The number of carbonyl (C=O) groups excluding carboxylic acids is 3. The van der Waals surface area contributed by atoms with Gasteiger partial charge in [-0.3, -0.25) is 14.4 Å². The molecule has 8 heteroatoms. The summed E-state index contributed by atoms with van der Waals surface area (Å²) in [4.78, 5) is 37.5. The SMILES string of the molecule is CCCOC(=O)CCC(=O)NC(=S)Nc1cccc(C(=O)N2CCCC2)c1. The molecule has 1 fully saturated rings. The van der Waals surface area contributed by atoms with E-state index in [-0.39, 0.29) is 29.8 Å². The van der Waals surface area contributed by atoms with Crippen molar-refractivity contribution in [3.8, 4) is 0 Å². The van der Waals surface area contributed by atoms with Crippen molar-refractivity contribution in [1.82, 2.24) is 10.2 Å². The highest BCUT2D eigenvalue weighted by Crippen LogP contribution is 2.16. The van der Waals surface area contributed by atoms with E-state index in [0.717, 1.165) is 32.4 Å². The fourth-order valence-corrected chi connectivity index (χ4v) is 2.92. The molecule has 1 aliphatic rings. The predicted octanol–water partition coefficient (Wildman–Crippen LogP) is 2.47. The first-order chi connectivity index (χ1) is 13.0. The summed E-state index contributed by atoms with van der Waals surface area (Å²) in [6, 6.07) is 7.00. The fourth-order valence-electron chi connectivity index (χ4n) is 2.69. The van der Waals surface area contributed by atoms with Gasteiger partial charge in [0.25, 0.3) is 5.91 Å². The van der Waals surface area contributed by atoms with Crippen LogP contribution in [0.1, 0.15) is 49.4 Å². The zero-order valence-corrected chi connectivity index (χ0v) is 16.3. The van der Waals surface area contributed by atoms with Crippen molar-refractivity contribution >= 4 is 40.8 Å². The fraction of sp³-hybridized carbons (Fsp3) is 0.474. The molecule has 146 valence electrons. The van der Waals surface area contributed by atoms with Crippen LogP contribution in [0.25, 0.3) is 0 Å². The molecule has 1 saturated heterocycles. The molecule has 7 nitrogen and oxygen atoms in total. The van der Waals surface area contributed by atoms with E-state index < -0.39 is 5.97 Å². The highest BCUT2D eigenvalue weighted by Gasteiger charge is 2.19. The third kappa shape index (κ3) is 6.97. The van der Waals surface area contributed by atoms with Gasteiger partial charge in [-0.25, -0.2) is 0 Å². The van der Waals surface area contributed by atoms with Crippen LogP contribution < -0.4 is 10.6 Å². The molecular formula is C19H25N3O4S. The molecule has 1 heterocycles. The van der Waals surface area contributed by atoms with Crippen molar-refractivity contribution in [2.45, 2.75) is 39.0 Å². The average Bonchev–Trinajstić information content (AvgIpc) is 3.19. The van der Waals surface area contributed by atoms with Crippen LogP contribution in [0, 0.1) is 0 Å². The van der Waals surface area contributed by atoms with E-state index in [0.29, 0.717) is 17.9 Å². The Morgan fingerprint density at radius 1 is 1.19 bits per heavy atom. The number of nitrogens with one attached hydrogen (secondary N) is 2. The maximum atomic E-state index is 12.4. The first-order valence-electron chi connectivity index (χ1n) is 9.15. The first-order valence-corrected chi connectivity index (χ1v) is 9.56. The van der Waals surface area contributed by atoms with Gasteiger partial charge in [0.1, 0.15) is 0 Å². The molecule has 27 heavy (non-hydrogen) atoms. The second-order valence-corrected chi connectivity index (χ2v) is 6.71. The van der Waals surface area contributed by atoms with Gasteiger partial charge >= 0.3 is 5.97 Å². The summed E-state index contributed by atoms with van der Waals surface area (Å²) in [5.41, 5.74) is 1.20. The normalized spacial score (nSPS) is 13.1. The summed E-state index contributed by atoms with van der Waals surface area (Å²) in [6.45, 7) is 3.82. The number of esters is 1. The Kier molecular flexibility index (Phi) is 8.19. The summed E-state index contributed by atoms with van der Waals surface area (Å²) >= 11 is 5.12. The molecule has 0 aromatic heterocycles. The second-order valence-electron chi connectivity index (χ2n) is 6.30. The number of amides is 2. The summed E-state index contributed by atoms with van der Waals surface area (Å²) < 4.78 is 4.92. The van der Waals surface area contributed by atoms with E-state index in [4.69, 9.17) is 17.0 Å². The quantitative estimate of drug-likeness (QED) is 0.548. The smallest absolute Gasteiger partial charge is 0.306 e. The largest absolute Gasteiger partial charge is 0.466 e. The molecule has 0 atom stereocenters. The van der Waals surface area contributed by atoms with E-state index in [1.165, 1.54) is 0 Å². The summed E-state index contributed by atoms with van der Waals surface area (Å²) in [5.74, 6) is -0.777. The van der Waals surface area contributed by atoms with E-state index in [1.807, 2.05) is 11.8 Å². The topological polar surface area (TPSA) is 87.7 Å². The Labute approximate surface area is 164 Å². The van der Waals surface area contributed by atoms with Gasteiger partial charge in [0.15, 0.2) is 5.11 Å². The number of benzene rings is 1. The van der Waals surface area contributed by atoms with Crippen LogP contribution in [0.3, 0.4) is 0 Å². The molecule has 0 bridgehead atoms. The van der Waals surface area contributed by atoms with Crippen LogP contribution in [-0.4, -0.2) is 47.5 Å². The lowest BCUT2D eigenvalue weighted by atomic mass is 10.2. The summed E-state index contributed by atoms with van der Waals surface area (Å²) in [5, 5.41) is 5.53. The third-order valence-corrected chi connectivity index (χ3v) is 4.24. The summed E-state index contributed by atoms with van der Waals surface area (Å²) in [7, 11) is 0. The zero-order chi connectivity index (χ0) is 19.6. The van der Waals surface area contributed by atoms with Crippen molar-refractivity contribution in [2.24, 2.45) is 0 Å². The lowest BCUT2D eigenvalue weighted by molar-refractivity contribution is -0.144. The van der Waals surface area contributed by atoms with Crippen molar-refractivity contribution in [3.05, 3.63) is 29.8 Å². The number of ether oxygens (including phenoxy) is 1. The zero-order valence-electron chi connectivity index (χ0n) is 15.5. The highest BCUT2D eigenvalue weighted by molar-refractivity contribution is 7.80. The number of rotatable bonds is 7. The standard InChI is InChI=1S/C19H25N3O4S/c1-2-12-26-17(24)9-8-16(23)21-19(27)20-15-7-5-6-14(13-15)18(25)22-10-3-4-11-22/h5-7,13H,2-4,8-12H2,1H3,(H2,20,21,23,27). The minimum Gasteiger partial charge on any atom is -0.466 e. The molecule has 0 aliphatic carbocycles. The number of carbonyl (C=O) groups is 3. The van der Waals surface area contributed by atoms with Crippen LogP contribution in [0.4, 0.5) is 5.69 Å². The van der Waals surface area contributed by atoms with Crippen molar-refractivity contribution in [2.75, 3.05) is 25.0 Å². The highest BCUT2D eigenvalue weighted by atomic mass is 32.1. The lowest BCUT2D eigenvalue weighted by Crippen LogP contribution is -2.34. The molecule has 1 aromatic carbocycles. The van der Waals surface area contributed by atoms with Crippen molar-refractivity contribution in [1.29, 1.82) is 0 Å². The number of hydrogen-bond donors (Lipinski definition) is 2. The molecule has 1 aliphatic heterocycles. The number of thiocarbonyl (C=S) groups is 1. The van der Waals surface area contributed by atoms with E-state index in [9.17, 15) is 14.4 Å². The molecule has 2 N–H and O–H groups in total. The van der Waals surface area contributed by atoms with Crippen molar-refractivity contribution < 1.29 is 19.1 Å². The Hall–Kier alpha value is -2.48. The molecule has 1 aromatic rings. The maximum absolute atomic E-state index is 12.4. The molecular weight excluding hydrogens is 366 g/mol. The first kappa shape index (κ1) is 20.8. The number of nitrogens with zero attached hydrogens (tertiary/aromatic N) is 1. The van der Waals surface area contributed by atoms with Gasteiger partial charge in [0, 0.05) is 30.8 Å². The molecule has 0 spiro atoms. The Bertz CT molecular complexity index is 702. The lowest BCUT2D eigenvalue weighted by Gasteiger charge is -2.16. The number of anilines is 1. The number of likely N-dealkylation sites (tertiary alicyclic amines) is 1. The van der Waals surface area contributed by atoms with Gasteiger partial charge in [0.2, 0.25) is 5.91 Å². The molecule has 0 saturated carbocycles. The van der Waals surface area contributed by atoms with Gasteiger partial charge in [-0.05, 0) is 49.7 Å². The Balaban J connectivity index is 1.81. The van der Waals surface area contributed by atoms with Gasteiger partial charge < -0.3 is 20.3 Å². The van der Waals surface area contributed by atoms with Gasteiger partial charge in [-0.15, -0.1) is 0 Å². The van der Waals surface area contributed by atoms with Crippen LogP contribution in [0.15, 0.2) is 24.3 Å². The Morgan fingerprint density at radius 2 is 1.93 bits per heavy atom.